The van der Waals surface area contributed by atoms with Crippen molar-refractivity contribution < 1.29 is 0 Å². The van der Waals surface area contributed by atoms with Gasteiger partial charge in [0, 0.05) is 28.6 Å². The summed E-state index contributed by atoms with van der Waals surface area (Å²) in [5.41, 5.74) is 5.44. The maximum absolute atomic E-state index is 3.57. The molecule has 3 aromatic rings. The third-order valence-electron chi connectivity index (χ3n) is 3.86. The Morgan fingerprint density at radius 3 is 2.40 bits per heavy atom. The largest absolute Gasteiger partial charge is 0.350 e. The van der Waals surface area contributed by atoms with Crippen LogP contribution >= 0.6 is 15.9 Å². The molecule has 2 heteroatoms. The van der Waals surface area contributed by atoms with E-state index in [4.69, 9.17) is 0 Å². The average Bonchev–Trinajstić information content (AvgIpc) is 2.76. The van der Waals surface area contributed by atoms with Gasteiger partial charge in [-0.05, 0) is 47.7 Å². The Kier molecular flexibility index (Phi) is 3.66. The summed E-state index contributed by atoms with van der Waals surface area (Å²) in [6.07, 6.45) is 4.32. The summed E-state index contributed by atoms with van der Waals surface area (Å²) in [6, 6.07) is 15.4. The molecule has 0 fully saturated rings. The zero-order chi connectivity index (χ0) is 14.1. The first-order chi connectivity index (χ1) is 9.67. The van der Waals surface area contributed by atoms with E-state index in [9.17, 15) is 0 Å². The molecule has 0 spiro atoms. The van der Waals surface area contributed by atoms with Gasteiger partial charge in [-0.2, -0.15) is 0 Å². The van der Waals surface area contributed by atoms with Gasteiger partial charge in [-0.15, -0.1) is 0 Å². The minimum absolute atomic E-state index is 0.984. The van der Waals surface area contributed by atoms with Crippen LogP contribution in [0.1, 0.15) is 23.6 Å². The van der Waals surface area contributed by atoms with Crippen molar-refractivity contribution in [2.24, 2.45) is 7.05 Å². The molecule has 0 bridgehead atoms. The number of halogens is 1. The van der Waals surface area contributed by atoms with Gasteiger partial charge in [-0.25, -0.2) is 0 Å². The number of aromatic nitrogens is 1. The first-order valence-electron chi connectivity index (χ1n) is 6.98. The maximum Gasteiger partial charge on any atom is 0.0481 e. The van der Waals surface area contributed by atoms with Crippen LogP contribution in [0.3, 0.4) is 0 Å². The van der Waals surface area contributed by atoms with Crippen LogP contribution in [0.15, 0.2) is 53.1 Å². The molecule has 0 aliphatic carbocycles. The van der Waals surface area contributed by atoms with Crippen LogP contribution in [0.2, 0.25) is 0 Å². The first kappa shape index (κ1) is 13.4. The molecule has 20 heavy (non-hydrogen) atoms. The molecule has 1 nitrogen and oxygen atoms in total. The monoisotopic (exact) mass is 327 g/mol. The fourth-order valence-corrected chi connectivity index (χ4v) is 3.06. The number of hydrogen-bond donors (Lipinski definition) is 0. The van der Waals surface area contributed by atoms with E-state index in [0.717, 1.165) is 17.3 Å². The van der Waals surface area contributed by atoms with Crippen LogP contribution in [0.25, 0.3) is 10.9 Å². The summed E-state index contributed by atoms with van der Waals surface area (Å²) in [4.78, 5) is 0. The molecule has 0 aliphatic heterocycles. The van der Waals surface area contributed by atoms with Crippen molar-refractivity contribution in [3.05, 3.63) is 69.8 Å². The smallest absolute Gasteiger partial charge is 0.0481 e. The standard InChI is InChI=1S/C18H18BrN/c1-3-13-4-6-14(7-5-13)10-15-12-20(2)18-9-8-16(19)11-17(15)18/h4-9,11-12H,3,10H2,1-2H3. The van der Waals surface area contributed by atoms with E-state index in [1.54, 1.807) is 0 Å². The summed E-state index contributed by atoms with van der Waals surface area (Å²) in [6.45, 7) is 2.19. The molecular weight excluding hydrogens is 310 g/mol. The van der Waals surface area contributed by atoms with E-state index < -0.39 is 0 Å². The zero-order valence-corrected chi connectivity index (χ0v) is 13.4. The van der Waals surface area contributed by atoms with Gasteiger partial charge in [-0.1, -0.05) is 47.1 Å². The Labute approximate surface area is 128 Å². The predicted molar refractivity (Wildman–Crippen MR) is 89.2 cm³/mol. The van der Waals surface area contributed by atoms with E-state index in [1.165, 1.54) is 27.6 Å². The highest BCUT2D eigenvalue weighted by Crippen LogP contribution is 2.26. The van der Waals surface area contributed by atoms with Crippen molar-refractivity contribution in [1.82, 2.24) is 4.57 Å². The molecule has 0 N–H and O–H groups in total. The lowest BCUT2D eigenvalue weighted by Crippen LogP contribution is -1.88. The number of fused-ring (bicyclic) bond motifs is 1. The average molecular weight is 328 g/mol. The fourth-order valence-electron chi connectivity index (χ4n) is 2.70. The Morgan fingerprint density at radius 2 is 1.70 bits per heavy atom. The molecule has 0 atom stereocenters. The van der Waals surface area contributed by atoms with Crippen molar-refractivity contribution in [2.75, 3.05) is 0 Å². The lowest BCUT2D eigenvalue weighted by molar-refractivity contribution is 0.958. The highest BCUT2D eigenvalue weighted by Gasteiger charge is 2.07. The summed E-state index contributed by atoms with van der Waals surface area (Å²) in [5.74, 6) is 0. The minimum Gasteiger partial charge on any atom is -0.350 e. The van der Waals surface area contributed by atoms with Crippen molar-refractivity contribution in [3.63, 3.8) is 0 Å². The Hall–Kier alpha value is -1.54. The second-order valence-corrected chi connectivity index (χ2v) is 6.19. The maximum atomic E-state index is 3.57. The summed E-state index contributed by atoms with van der Waals surface area (Å²) >= 11 is 3.57. The summed E-state index contributed by atoms with van der Waals surface area (Å²) in [7, 11) is 2.11. The van der Waals surface area contributed by atoms with Gasteiger partial charge in [0.2, 0.25) is 0 Å². The quantitative estimate of drug-likeness (QED) is 0.631. The Bertz CT molecular complexity index is 738. The van der Waals surface area contributed by atoms with Gasteiger partial charge in [0.05, 0.1) is 0 Å². The molecule has 3 rings (SSSR count). The molecule has 102 valence electrons. The number of rotatable bonds is 3. The SMILES string of the molecule is CCc1ccc(Cc2cn(C)c3ccc(Br)cc23)cc1. The lowest BCUT2D eigenvalue weighted by Gasteiger charge is -2.02. The van der Waals surface area contributed by atoms with Gasteiger partial charge >= 0.3 is 0 Å². The van der Waals surface area contributed by atoms with Crippen LogP contribution in [0, 0.1) is 0 Å². The van der Waals surface area contributed by atoms with Gasteiger partial charge in [-0.3, -0.25) is 0 Å². The van der Waals surface area contributed by atoms with E-state index >= 15 is 0 Å². The highest BCUT2D eigenvalue weighted by molar-refractivity contribution is 9.10. The Morgan fingerprint density at radius 1 is 1.00 bits per heavy atom. The van der Waals surface area contributed by atoms with Crippen LogP contribution < -0.4 is 0 Å². The van der Waals surface area contributed by atoms with Crippen LogP contribution in [0.5, 0.6) is 0 Å². The number of nitrogens with zero attached hydrogens (tertiary/aromatic N) is 1. The molecular formula is C18H18BrN. The minimum atomic E-state index is 0.984. The number of hydrogen-bond acceptors (Lipinski definition) is 0. The third kappa shape index (κ3) is 2.53. The topological polar surface area (TPSA) is 4.93 Å². The summed E-state index contributed by atoms with van der Waals surface area (Å²) < 4.78 is 3.34. The predicted octanol–water partition coefficient (Wildman–Crippen LogP) is 5.09. The van der Waals surface area contributed by atoms with Crippen LogP contribution in [0.4, 0.5) is 0 Å². The second-order valence-electron chi connectivity index (χ2n) is 5.27. The van der Waals surface area contributed by atoms with Crippen molar-refractivity contribution >= 4 is 26.8 Å². The first-order valence-corrected chi connectivity index (χ1v) is 7.78. The van der Waals surface area contributed by atoms with E-state index in [2.05, 4.69) is 83.1 Å². The Balaban J connectivity index is 1.99. The van der Waals surface area contributed by atoms with Gasteiger partial charge < -0.3 is 4.57 Å². The van der Waals surface area contributed by atoms with Crippen molar-refractivity contribution in [2.45, 2.75) is 19.8 Å². The number of aryl methyl sites for hydroxylation is 2. The van der Waals surface area contributed by atoms with Crippen molar-refractivity contribution in [3.8, 4) is 0 Å². The summed E-state index contributed by atoms with van der Waals surface area (Å²) in [5, 5.41) is 1.33. The van der Waals surface area contributed by atoms with Crippen LogP contribution in [-0.2, 0) is 19.9 Å². The van der Waals surface area contributed by atoms with Gasteiger partial charge in [0.15, 0.2) is 0 Å². The molecule has 0 aliphatic rings. The van der Waals surface area contributed by atoms with Crippen LogP contribution in [-0.4, -0.2) is 4.57 Å². The highest BCUT2D eigenvalue weighted by atomic mass is 79.9. The molecule has 0 saturated carbocycles. The zero-order valence-electron chi connectivity index (χ0n) is 11.9. The molecule has 0 radical (unpaired) electrons. The molecule has 1 aromatic heterocycles. The molecule has 2 aromatic carbocycles. The molecule has 0 unspecified atom stereocenters. The number of benzene rings is 2. The van der Waals surface area contributed by atoms with Gasteiger partial charge in [0.25, 0.3) is 0 Å². The molecule has 1 heterocycles. The van der Waals surface area contributed by atoms with E-state index in [-0.39, 0.29) is 0 Å². The second kappa shape index (κ2) is 5.45. The normalized spacial score (nSPS) is 11.2. The lowest BCUT2D eigenvalue weighted by atomic mass is 10.0. The van der Waals surface area contributed by atoms with Gasteiger partial charge in [0.1, 0.15) is 0 Å². The third-order valence-corrected chi connectivity index (χ3v) is 4.35. The molecule has 0 saturated heterocycles. The van der Waals surface area contributed by atoms with E-state index in [1.807, 2.05) is 0 Å². The van der Waals surface area contributed by atoms with E-state index in [0.29, 0.717) is 0 Å². The molecule has 0 amide bonds. The van der Waals surface area contributed by atoms with Crippen molar-refractivity contribution in [1.29, 1.82) is 0 Å². The fraction of sp³-hybridized carbons (Fsp3) is 0.222.